The summed E-state index contributed by atoms with van der Waals surface area (Å²) in [6.07, 6.45) is -0.832. The Kier molecular flexibility index (Phi) is 13.8. The molecule has 3 N–H and O–H groups in total. The lowest BCUT2D eigenvalue weighted by Gasteiger charge is -2.26. The smallest absolute Gasteiger partial charge is 0.407 e. The third-order valence-electron chi connectivity index (χ3n) is 9.49. The molecule has 1 aromatic heterocycles. The van der Waals surface area contributed by atoms with Crippen molar-refractivity contribution < 1.29 is 40.6 Å². The molecule has 0 radical (unpaired) electrons. The van der Waals surface area contributed by atoms with Crippen molar-refractivity contribution in [2.24, 2.45) is 0 Å². The third kappa shape index (κ3) is 11.1. The minimum absolute atomic E-state index is 0.118. The number of aromatic nitrogens is 4. The first-order chi connectivity index (χ1) is 29.5. The number of nitrogens with zero attached hydrogens (tertiary/aromatic N) is 5. The van der Waals surface area contributed by atoms with Crippen LogP contribution in [0.4, 0.5) is 10.5 Å². The van der Waals surface area contributed by atoms with E-state index in [0.717, 1.165) is 5.56 Å². The molecule has 0 aliphatic rings. The number of alkyl carbamates (subject to hydrolysis) is 1. The van der Waals surface area contributed by atoms with Gasteiger partial charge in [0.05, 0.1) is 44.1 Å². The number of ether oxygens (including phenoxy) is 4. The second kappa shape index (κ2) is 19.0. The van der Waals surface area contributed by atoms with Crippen LogP contribution in [-0.2, 0) is 44.2 Å². The number of benzene rings is 5. The third-order valence-corrected chi connectivity index (χ3v) is 13.2. The number of hydrogen-bond acceptors (Lipinski definition) is 13. The van der Waals surface area contributed by atoms with Gasteiger partial charge in [-0.2, -0.15) is 9.10 Å². The molecule has 326 valence electrons. The van der Waals surface area contributed by atoms with Crippen LogP contribution in [0.25, 0.3) is 22.5 Å². The van der Waals surface area contributed by atoms with Crippen molar-refractivity contribution in [2.75, 3.05) is 39.4 Å². The molecule has 5 aromatic carbocycles. The highest BCUT2D eigenvalue weighted by atomic mass is 32.2. The van der Waals surface area contributed by atoms with E-state index in [1.807, 2.05) is 12.1 Å². The highest BCUT2D eigenvalue weighted by molar-refractivity contribution is 7.93. The molecule has 0 unspecified atom stereocenters. The van der Waals surface area contributed by atoms with E-state index in [9.17, 15) is 13.2 Å². The second-order valence-corrected chi connectivity index (χ2v) is 19.1. The normalized spacial score (nSPS) is 11.9. The summed E-state index contributed by atoms with van der Waals surface area (Å²) >= 11 is 0. The minimum atomic E-state index is -4.87. The van der Waals surface area contributed by atoms with Crippen LogP contribution >= 0.6 is 0 Å². The molecular weight excluding hydrogens is 835 g/mol. The van der Waals surface area contributed by atoms with E-state index in [4.69, 9.17) is 24.7 Å². The first kappa shape index (κ1) is 45.0. The number of anilines is 1. The maximum absolute atomic E-state index is 15.8. The van der Waals surface area contributed by atoms with Gasteiger partial charge in [0.1, 0.15) is 27.7 Å². The number of carbonyl (C=O) groups excluding carboxylic acids is 1. The molecular formula is C44H49N7O9S2. The summed E-state index contributed by atoms with van der Waals surface area (Å²) in [6.45, 7) is 4.41. The quantitative estimate of drug-likeness (QED) is 0.0959. The molecule has 0 atom stereocenters. The van der Waals surface area contributed by atoms with Crippen molar-refractivity contribution in [2.45, 2.75) is 55.8 Å². The van der Waals surface area contributed by atoms with E-state index in [2.05, 4.69) is 20.7 Å². The number of nitrogens with one attached hydrogen (secondary N) is 1. The van der Waals surface area contributed by atoms with Gasteiger partial charge < -0.3 is 30.0 Å². The van der Waals surface area contributed by atoms with Crippen LogP contribution in [0.2, 0.25) is 0 Å². The summed E-state index contributed by atoms with van der Waals surface area (Å²) in [4.78, 5) is 12.7. The number of carbonyl (C=O) groups is 1. The highest BCUT2D eigenvalue weighted by Gasteiger charge is 2.38. The predicted octanol–water partition coefficient (Wildman–Crippen LogP) is 6.35. The van der Waals surface area contributed by atoms with Crippen molar-refractivity contribution in [3.63, 3.8) is 0 Å². The predicted molar refractivity (Wildman–Crippen MR) is 234 cm³/mol. The van der Waals surface area contributed by atoms with Gasteiger partial charge >= 0.3 is 6.09 Å². The number of amides is 1. The summed E-state index contributed by atoms with van der Waals surface area (Å²) in [7, 11) is -4.78. The zero-order valence-corrected chi connectivity index (χ0v) is 36.9. The number of tetrazole rings is 1. The maximum atomic E-state index is 15.8. The Bertz CT molecular complexity index is 2670. The molecule has 1 heterocycles. The number of sulfone groups is 1. The highest BCUT2D eigenvalue weighted by Crippen LogP contribution is 2.42. The molecule has 0 saturated heterocycles. The molecule has 0 spiro atoms. The van der Waals surface area contributed by atoms with Gasteiger partial charge in [0.25, 0.3) is 0 Å². The summed E-state index contributed by atoms with van der Waals surface area (Å²) in [5.74, 6) is 0.934. The zero-order valence-electron chi connectivity index (χ0n) is 35.2. The van der Waals surface area contributed by atoms with E-state index in [-0.39, 0.29) is 43.1 Å². The topological polar surface area (TPSA) is 207 Å². The Morgan fingerprint density at radius 2 is 1.31 bits per heavy atom. The van der Waals surface area contributed by atoms with E-state index in [1.165, 1.54) is 35.5 Å². The van der Waals surface area contributed by atoms with Crippen LogP contribution in [0.5, 0.6) is 17.2 Å². The van der Waals surface area contributed by atoms with E-state index < -0.39 is 47.1 Å². The van der Waals surface area contributed by atoms with Crippen LogP contribution < -0.4 is 25.3 Å². The molecule has 0 aliphatic heterocycles. The van der Waals surface area contributed by atoms with Crippen molar-refractivity contribution in [1.29, 1.82) is 0 Å². The second-order valence-electron chi connectivity index (χ2n) is 15.1. The standard InChI is InChI=1S/C44H49N7O9S2/c1-44(2,3)60-43(52)46-24-25-61(53,54)39-23-22-38(33-8-7-9-34(45)26-33)40(42-47-49-51(48-42)29-32-14-20-37(59-6)21-15-32)41(39)62(55,56)50(27-30-10-16-35(57-4)17-11-30)28-31-12-18-36(58-5)19-13-31/h7-23,26H,24-25,27-29,45H2,1-6H3,(H,46,52). The van der Waals surface area contributed by atoms with Crippen molar-refractivity contribution >= 4 is 31.6 Å². The van der Waals surface area contributed by atoms with Gasteiger partial charge in [-0.05, 0) is 108 Å². The number of hydrogen-bond donors (Lipinski definition) is 2. The number of sulfonamides is 1. The SMILES string of the molecule is COc1ccc(CN(Cc2ccc(OC)cc2)S(=O)(=O)c2c(S(=O)(=O)CCNC(=O)OC(C)(C)C)ccc(-c3cccc(N)c3)c2-c2nnn(Cc3ccc(OC)cc3)n2)cc1. The number of nitrogen functional groups attached to an aromatic ring is 1. The van der Waals surface area contributed by atoms with Gasteiger partial charge in [0.2, 0.25) is 15.8 Å². The first-order valence-electron chi connectivity index (χ1n) is 19.4. The summed E-state index contributed by atoms with van der Waals surface area (Å²) < 4.78 is 83.4. The van der Waals surface area contributed by atoms with Gasteiger partial charge in [0.15, 0.2) is 9.84 Å². The largest absolute Gasteiger partial charge is 0.497 e. The average molecular weight is 884 g/mol. The number of methoxy groups -OCH3 is 3. The fraction of sp³-hybridized carbons (Fsp3) is 0.273. The molecule has 0 fully saturated rings. The van der Waals surface area contributed by atoms with Crippen LogP contribution in [0.3, 0.4) is 0 Å². The summed E-state index contributed by atoms with van der Waals surface area (Å²) in [6, 6.07) is 30.4. The number of rotatable bonds is 17. The Morgan fingerprint density at radius 1 is 0.758 bits per heavy atom. The Hall–Kier alpha value is -6.50. The van der Waals surface area contributed by atoms with E-state index in [1.54, 1.807) is 113 Å². The van der Waals surface area contributed by atoms with Crippen LogP contribution in [0.15, 0.2) is 119 Å². The monoisotopic (exact) mass is 883 g/mol. The van der Waals surface area contributed by atoms with Crippen molar-refractivity contribution in [3.8, 4) is 39.8 Å². The molecule has 6 aromatic rings. The van der Waals surface area contributed by atoms with Gasteiger partial charge in [0, 0.05) is 25.3 Å². The molecule has 62 heavy (non-hydrogen) atoms. The molecule has 0 bridgehead atoms. The summed E-state index contributed by atoms with van der Waals surface area (Å²) in [5.41, 5.74) is 8.38. The lowest BCUT2D eigenvalue weighted by molar-refractivity contribution is 0.0531. The molecule has 1 amide bonds. The Morgan fingerprint density at radius 3 is 1.82 bits per heavy atom. The molecule has 16 nitrogen and oxygen atoms in total. The van der Waals surface area contributed by atoms with Crippen LogP contribution in [0.1, 0.15) is 37.5 Å². The maximum Gasteiger partial charge on any atom is 0.407 e. The first-order valence-corrected chi connectivity index (χ1v) is 22.5. The lowest BCUT2D eigenvalue weighted by atomic mass is 9.98. The van der Waals surface area contributed by atoms with Gasteiger partial charge in [-0.15, -0.1) is 10.2 Å². The molecule has 6 rings (SSSR count). The lowest BCUT2D eigenvalue weighted by Crippen LogP contribution is -2.35. The van der Waals surface area contributed by atoms with Crippen LogP contribution in [-0.4, -0.2) is 86.7 Å². The summed E-state index contributed by atoms with van der Waals surface area (Å²) in [5, 5.41) is 15.8. The fourth-order valence-electron chi connectivity index (χ4n) is 6.47. The number of nitrogens with two attached hydrogens (primary N) is 1. The fourth-order valence-corrected chi connectivity index (χ4v) is 10.1. The van der Waals surface area contributed by atoms with Crippen molar-refractivity contribution in [3.05, 3.63) is 126 Å². The van der Waals surface area contributed by atoms with Gasteiger partial charge in [-0.3, -0.25) is 0 Å². The Labute approximate surface area is 361 Å². The zero-order chi connectivity index (χ0) is 44.7. The Balaban J connectivity index is 1.58. The molecule has 18 heteroatoms. The van der Waals surface area contributed by atoms with E-state index >= 15 is 8.42 Å². The van der Waals surface area contributed by atoms with Gasteiger partial charge in [-0.1, -0.05) is 54.6 Å². The molecule has 0 aliphatic carbocycles. The van der Waals surface area contributed by atoms with E-state index in [0.29, 0.717) is 39.6 Å². The van der Waals surface area contributed by atoms with Crippen LogP contribution in [0, 0.1) is 0 Å². The van der Waals surface area contributed by atoms with Gasteiger partial charge in [-0.25, -0.2) is 21.6 Å². The van der Waals surface area contributed by atoms with Crippen molar-refractivity contribution in [1.82, 2.24) is 29.8 Å². The molecule has 0 saturated carbocycles. The average Bonchev–Trinajstić information content (AvgIpc) is 3.71. The minimum Gasteiger partial charge on any atom is -0.497 e.